The first-order valence-electron chi connectivity index (χ1n) is 4.52. The van der Waals surface area contributed by atoms with Gasteiger partial charge in [-0.1, -0.05) is 0 Å². The molecule has 0 saturated heterocycles. The summed E-state index contributed by atoms with van der Waals surface area (Å²) in [6.07, 6.45) is 1.80. The van der Waals surface area contributed by atoms with Crippen LogP contribution in [0.2, 0.25) is 0 Å². The minimum absolute atomic E-state index is 0.0631. The zero-order valence-electron chi connectivity index (χ0n) is 8.36. The molecule has 0 radical (unpaired) electrons. The van der Waals surface area contributed by atoms with Gasteiger partial charge in [0.2, 0.25) is 0 Å². The van der Waals surface area contributed by atoms with Crippen LogP contribution in [0.3, 0.4) is 0 Å². The van der Waals surface area contributed by atoms with Gasteiger partial charge in [0.1, 0.15) is 0 Å². The highest BCUT2D eigenvalue weighted by atomic mass is 16.5. The number of nitrogens with zero attached hydrogens (tertiary/aromatic N) is 2. The third-order valence-electron chi connectivity index (χ3n) is 1.88. The summed E-state index contributed by atoms with van der Waals surface area (Å²) in [6, 6.07) is -0.0631. The summed E-state index contributed by atoms with van der Waals surface area (Å²) in [6.45, 7) is 4.36. The van der Waals surface area contributed by atoms with Crippen molar-refractivity contribution in [3.63, 3.8) is 0 Å². The van der Waals surface area contributed by atoms with Gasteiger partial charge in [-0.2, -0.15) is 0 Å². The lowest BCUT2D eigenvalue weighted by atomic mass is 10.4. The number of ether oxygens (including phenoxy) is 1. The fourth-order valence-corrected chi connectivity index (χ4v) is 1.16. The van der Waals surface area contributed by atoms with Crippen LogP contribution < -0.4 is 0 Å². The Bertz CT molecular complexity index is 300. The van der Waals surface area contributed by atoms with E-state index in [1.54, 1.807) is 17.7 Å². The van der Waals surface area contributed by atoms with Crippen molar-refractivity contribution in [3.05, 3.63) is 11.9 Å². The predicted octanol–water partition coefficient (Wildman–Crippen LogP) is 0.850. The molecule has 0 aromatic carbocycles. The Kier molecular flexibility index (Phi) is 3.50. The lowest BCUT2D eigenvalue weighted by Gasteiger charge is -2.05. The fourth-order valence-electron chi connectivity index (χ4n) is 1.16. The van der Waals surface area contributed by atoms with Crippen molar-refractivity contribution in [1.29, 1.82) is 0 Å². The molecule has 1 rings (SSSR count). The molecular formula is C9H14N2O3. The van der Waals surface area contributed by atoms with Crippen LogP contribution in [0.4, 0.5) is 0 Å². The van der Waals surface area contributed by atoms with Crippen LogP contribution >= 0.6 is 0 Å². The average Bonchev–Trinajstić information content (AvgIpc) is 2.44. The Morgan fingerprint density at radius 3 is 2.93 bits per heavy atom. The van der Waals surface area contributed by atoms with E-state index in [2.05, 4.69) is 4.98 Å². The number of carbonyl (C=O) groups excluding carboxylic acids is 1. The molecule has 0 aliphatic carbocycles. The van der Waals surface area contributed by atoms with E-state index in [1.807, 2.05) is 6.92 Å². The molecule has 5 heteroatoms. The van der Waals surface area contributed by atoms with Crippen LogP contribution in [0.15, 0.2) is 6.20 Å². The zero-order chi connectivity index (χ0) is 10.6. The molecule has 1 aromatic rings. The second kappa shape index (κ2) is 4.64. The largest absolute Gasteiger partial charge is 0.480 e. The summed E-state index contributed by atoms with van der Waals surface area (Å²) in [7, 11) is 0. The summed E-state index contributed by atoms with van der Waals surface area (Å²) >= 11 is 0. The van der Waals surface area contributed by atoms with Crippen LogP contribution in [-0.2, 0) is 16.1 Å². The van der Waals surface area contributed by atoms with E-state index >= 15 is 0 Å². The highest BCUT2D eigenvalue weighted by Gasteiger charge is 2.07. The average molecular weight is 198 g/mol. The summed E-state index contributed by atoms with van der Waals surface area (Å²) < 4.78 is 6.33. The number of imidazole rings is 1. The third-order valence-corrected chi connectivity index (χ3v) is 1.88. The number of carbonyl (C=O) groups is 1. The molecule has 5 nitrogen and oxygen atoms in total. The topological polar surface area (TPSA) is 64.4 Å². The number of aryl methyl sites for hydroxylation is 1. The summed E-state index contributed by atoms with van der Waals surface area (Å²) in [5, 5.41) is 9.27. The Morgan fingerprint density at radius 2 is 2.43 bits per heavy atom. The van der Waals surface area contributed by atoms with E-state index in [0.29, 0.717) is 13.2 Å². The predicted molar refractivity (Wildman–Crippen MR) is 49.9 cm³/mol. The fraction of sp³-hybridized carbons (Fsp3) is 0.556. The number of hydrogen-bond acceptors (Lipinski definition) is 4. The lowest BCUT2D eigenvalue weighted by molar-refractivity contribution is -0.143. The number of aromatic hydroxyl groups is 1. The first kappa shape index (κ1) is 10.6. The Labute approximate surface area is 82.3 Å². The second-order valence-corrected chi connectivity index (χ2v) is 2.91. The number of esters is 1. The van der Waals surface area contributed by atoms with E-state index in [1.165, 1.54) is 0 Å². The van der Waals surface area contributed by atoms with Gasteiger partial charge in [-0.15, -0.1) is 0 Å². The standard InChI is InChI=1S/C9H14N2O3/c1-3-14-8(12)4-5-11-7(2)6-10-9(11)13/h6H,3-5H2,1-2H3,(H,10,13). The highest BCUT2D eigenvalue weighted by Crippen LogP contribution is 2.10. The molecule has 0 saturated carbocycles. The molecule has 0 aliphatic heterocycles. The van der Waals surface area contributed by atoms with Crippen molar-refractivity contribution in [1.82, 2.24) is 9.55 Å². The van der Waals surface area contributed by atoms with Crippen molar-refractivity contribution in [2.75, 3.05) is 6.61 Å². The molecule has 0 aliphatic rings. The molecule has 0 amide bonds. The first-order chi connectivity index (χ1) is 6.65. The normalized spacial score (nSPS) is 10.1. The van der Waals surface area contributed by atoms with Gasteiger partial charge < -0.3 is 9.84 Å². The minimum Gasteiger partial charge on any atom is -0.480 e. The van der Waals surface area contributed by atoms with Gasteiger partial charge in [-0.3, -0.25) is 9.36 Å². The van der Waals surface area contributed by atoms with Crippen LogP contribution in [0.1, 0.15) is 19.0 Å². The molecule has 1 aromatic heterocycles. The van der Waals surface area contributed by atoms with Crippen molar-refractivity contribution in [2.24, 2.45) is 0 Å². The van der Waals surface area contributed by atoms with Crippen molar-refractivity contribution >= 4 is 5.97 Å². The van der Waals surface area contributed by atoms with E-state index < -0.39 is 0 Å². The molecule has 78 valence electrons. The molecule has 0 bridgehead atoms. The SMILES string of the molecule is CCOC(=O)CCn1c(C)cnc1O. The van der Waals surface area contributed by atoms with E-state index in [4.69, 9.17) is 4.74 Å². The maximum absolute atomic E-state index is 11.0. The Hall–Kier alpha value is -1.52. The van der Waals surface area contributed by atoms with Crippen LogP contribution in [0.5, 0.6) is 6.01 Å². The Balaban J connectivity index is 2.49. The zero-order valence-corrected chi connectivity index (χ0v) is 8.36. The molecule has 0 spiro atoms. The van der Waals surface area contributed by atoms with Gasteiger partial charge in [0.25, 0.3) is 6.01 Å². The van der Waals surface area contributed by atoms with Gasteiger partial charge in [0.15, 0.2) is 0 Å². The van der Waals surface area contributed by atoms with E-state index in [9.17, 15) is 9.90 Å². The minimum atomic E-state index is -0.264. The van der Waals surface area contributed by atoms with E-state index in [-0.39, 0.29) is 18.4 Å². The number of aromatic nitrogens is 2. The molecule has 14 heavy (non-hydrogen) atoms. The van der Waals surface area contributed by atoms with Gasteiger partial charge in [0.05, 0.1) is 19.2 Å². The maximum Gasteiger partial charge on any atom is 0.307 e. The first-order valence-corrected chi connectivity index (χ1v) is 4.52. The maximum atomic E-state index is 11.0. The van der Waals surface area contributed by atoms with Crippen LogP contribution in [-0.4, -0.2) is 27.2 Å². The lowest BCUT2D eigenvalue weighted by Crippen LogP contribution is -2.09. The highest BCUT2D eigenvalue weighted by molar-refractivity contribution is 5.69. The number of rotatable bonds is 4. The Morgan fingerprint density at radius 1 is 1.71 bits per heavy atom. The quantitative estimate of drug-likeness (QED) is 0.728. The molecule has 0 unspecified atom stereocenters. The molecule has 1 N–H and O–H groups in total. The number of hydrogen-bond donors (Lipinski definition) is 1. The van der Waals surface area contributed by atoms with Gasteiger partial charge in [-0.25, -0.2) is 4.98 Å². The van der Waals surface area contributed by atoms with Crippen LogP contribution in [0.25, 0.3) is 0 Å². The smallest absolute Gasteiger partial charge is 0.307 e. The van der Waals surface area contributed by atoms with Gasteiger partial charge >= 0.3 is 5.97 Å². The van der Waals surface area contributed by atoms with Crippen molar-refractivity contribution in [2.45, 2.75) is 26.8 Å². The van der Waals surface area contributed by atoms with Gasteiger partial charge in [-0.05, 0) is 13.8 Å². The van der Waals surface area contributed by atoms with Crippen molar-refractivity contribution in [3.8, 4) is 6.01 Å². The van der Waals surface area contributed by atoms with Crippen molar-refractivity contribution < 1.29 is 14.6 Å². The third kappa shape index (κ3) is 2.48. The monoisotopic (exact) mass is 198 g/mol. The van der Waals surface area contributed by atoms with E-state index in [0.717, 1.165) is 5.69 Å². The molecule has 0 fully saturated rings. The molecular weight excluding hydrogens is 184 g/mol. The summed E-state index contributed by atoms with van der Waals surface area (Å²) in [5.74, 6) is -0.264. The summed E-state index contributed by atoms with van der Waals surface area (Å²) in [4.78, 5) is 14.7. The summed E-state index contributed by atoms with van der Waals surface area (Å²) in [5.41, 5.74) is 0.826. The molecule has 1 heterocycles. The van der Waals surface area contributed by atoms with Gasteiger partial charge in [0, 0.05) is 12.2 Å². The van der Waals surface area contributed by atoms with Crippen LogP contribution in [0, 0.1) is 6.92 Å². The second-order valence-electron chi connectivity index (χ2n) is 2.91. The molecule has 0 atom stereocenters.